The molecular formula is C16H12ClN3S3. The molecule has 0 amide bonds. The molecule has 3 heterocycles. The fourth-order valence-electron chi connectivity index (χ4n) is 2.35. The van der Waals surface area contributed by atoms with Crippen molar-refractivity contribution in [3.05, 3.63) is 51.7 Å². The maximum Gasteiger partial charge on any atom is 0.191 e. The molecule has 3 nitrogen and oxygen atoms in total. The first kappa shape index (κ1) is 15.2. The lowest BCUT2D eigenvalue weighted by molar-refractivity contribution is 0.795. The average molecular weight is 378 g/mol. The van der Waals surface area contributed by atoms with Gasteiger partial charge in [-0.15, -0.1) is 32.9 Å². The van der Waals surface area contributed by atoms with Gasteiger partial charge in [-0.2, -0.15) is 0 Å². The fraction of sp³-hybridized carbons (Fsp3) is 0.125. The summed E-state index contributed by atoms with van der Waals surface area (Å²) in [6.07, 6.45) is 0. The summed E-state index contributed by atoms with van der Waals surface area (Å²) in [5, 5.41) is 13.6. The summed E-state index contributed by atoms with van der Waals surface area (Å²) in [6, 6.07) is 12.3. The molecule has 0 N–H and O–H groups in total. The zero-order valence-corrected chi connectivity index (χ0v) is 15.4. The van der Waals surface area contributed by atoms with E-state index in [2.05, 4.69) is 28.4 Å². The topological polar surface area (TPSA) is 30.7 Å². The van der Waals surface area contributed by atoms with Gasteiger partial charge in [0.25, 0.3) is 0 Å². The number of fused-ring (bicyclic) bond motifs is 1. The van der Waals surface area contributed by atoms with Gasteiger partial charge in [0.1, 0.15) is 0 Å². The van der Waals surface area contributed by atoms with Crippen LogP contribution in [0.25, 0.3) is 20.8 Å². The number of hydrogen-bond acceptors (Lipinski definition) is 5. The number of thioether (sulfide) groups is 1. The number of halogens is 1. The summed E-state index contributed by atoms with van der Waals surface area (Å²) >= 11 is 11.6. The van der Waals surface area contributed by atoms with Crippen LogP contribution in [-0.2, 0) is 12.8 Å². The van der Waals surface area contributed by atoms with Crippen LogP contribution in [0.2, 0.25) is 5.02 Å². The third-order valence-corrected chi connectivity index (χ3v) is 7.32. The number of benzene rings is 1. The Morgan fingerprint density at radius 1 is 1.17 bits per heavy atom. The van der Waals surface area contributed by atoms with Crippen molar-refractivity contribution < 1.29 is 0 Å². The molecule has 23 heavy (non-hydrogen) atoms. The van der Waals surface area contributed by atoms with Gasteiger partial charge < -0.3 is 4.57 Å². The van der Waals surface area contributed by atoms with Gasteiger partial charge in [0.15, 0.2) is 11.0 Å². The van der Waals surface area contributed by atoms with Crippen molar-refractivity contribution in [1.82, 2.24) is 14.8 Å². The van der Waals surface area contributed by atoms with Crippen LogP contribution in [-0.4, -0.2) is 14.8 Å². The Bertz CT molecular complexity index is 956. The van der Waals surface area contributed by atoms with Crippen LogP contribution >= 0.6 is 46.0 Å². The lowest BCUT2D eigenvalue weighted by Gasteiger charge is -2.02. The minimum absolute atomic E-state index is 0.800. The van der Waals surface area contributed by atoms with Crippen LogP contribution in [0, 0.1) is 0 Å². The standard InChI is InChI=1S/C16H12ClN3S3/c1-20-15(12-7-4-8-21-12)18-19-16(20)22-9-13-14(17)10-5-2-3-6-11(10)23-13/h2-8H,9H2,1H3. The molecule has 116 valence electrons. The quantitative estimate of drug-likeness (QED) is 0.427. The van der Waals surface area contributed by atoms with Gasteiger partial charge in [0.05, 0.1) is 9.90 Å². The van der Waals surface area contributed by atoms with Crippen molar-refractivity contribution in [3.63, 3.8) is 0 Å². The first-order valence-electron chi connectivity index (χ1n) is 6.96. The Kier molecular flexibility index (Phi) is 4.15. The molecule has 0 aliphatic carbocycles. The molecule has 0 radical (unpaired) electrons. The van der Waals surface area contributed by atoms with Gasteiger partial charge in [0.2, 0.25) is 0 Å². The third kappa shape index (κ3) is 2.80. The smallest absolute Gasteiger partial charge is 0.191 e. The summed E-state index contributed by atoms with van der Waals surface area (Å²) in [7, 11) is 2.00. The van der Waals surface area contributed by atoms with E-state index in [0.29, 0.717) is 0 Å². The zero-order chi connectivity index (χ0) is 15.8. The van der Waals surface area contributed by atoms with Crippen LogP contribution in [0.5, 0.6) is 0 Å². The summed E-state index contributed by atoms with van der Waals surface area (Å²) in [5.41, 5.74) is 0. The summed E-state index contributed by atoms with van der Waals surface area (Å²) in [5.74, 6) is 1.71. The molecule has 0 unspecified atom stereocenters. The van der Waals surface area contributed by atoms with Crippen molar-refractivity contribution in [2.24, 2.45) is 7.05 Å². The molecule has 0 spiro atoms. The van der Waals surface area contributed by atoms with Crippen molar-refractivity contribution in [1.29, 1.82) is 0 Å². The molecule has 4 rings (SSSR count). The number of rotatable bonds is 4. The van der Waals surface area contributed by atoms with Crippen molar-refractivity contribution in [2.75, 3.05) is 0 Å². The van der Waals surface area contributed by atoms with Crippen molar-refractivity contribution in [2.45, 2.75) is 10.9 Å². The molecule has 0 aliphatic heterocycles. The first-order chi connectivity index (χ1) is 11.2. The fourth-order valence-corrected chi connectivity index (χ4v) is 5.66. The van der Waals surface area contributed by atoms with Crippen LogP contribution in [0.15, 0.2) is 46.9 Å². The molecule has 0 saturated heterocycles. The highest BCUT2D eigenvalue weighted by Gasteiger charge is 2.14. The molecule has 0 aliphatic rings. The number of hydrogen-bond donors (Lipinski definition) is 0. The van der Waals surface area contributed by atoms with E-state index < -0.39 is 0 Å². The maximum atomic E-state index is 6.51. The Labute approximate surface area is 150 Å². The van der Waals surface area contributed by atoms with Crippen molar-refractivity contribution in [3.8, 4) is 10.7 Å². The molecule has 1 aromatic carbocycles. The second-order valence-electron chi connectivity index (χ2n) is 4.97. The minimum atomic E-state index is 0.800. The number of thiophene rings is 2. The third-order valence-electron chi connectivity index (χ3n) is 3.51. The monoisotopic (exact) mass is 377 g/mol. The second-order valence-corrected chi connectivity index (χ2v) is 8.37. The van der Waals surface area contributed by atoms with E-state index in [4.69, 9.17) is 11.6 Å². The maximum absolute atomic E-state index is 6.51. The van der Waals surface area contributed by atoms with Gasteiger partial charge in [0, 0.05) is 27.8 Å². The number of aromatic nitrogens is 3. The normalized spacial score (nSPS) is 11.4. The molecule has 0 bridgehead atoms. The van der Waals surface area contributed by atoms with Crippen LogP contribution in [0.3, 0.4) is 0 Å². The molecular weight excluding hydrogens is 366 g/mol. The predicted molar refractivity (Wildman–Crippen MR) is 101 cm³/mol. The summed E-state index contributed by atoms with van der Waals surface area (Å²) < 4.78 is 3.27. The molecule has 0 atom stereocenters. The Morgan fingerprint density at radius 3 is 2.83 bits per heavy atom. The van der Waals surface area contributed by atoms with Crippen LogP contribution < -0.4 is 0 Å². The van der Waals surface area contributed by atoms with Gasteiger partial charge in [-0.3, -0.25) is 0 Å². The summed E-state index contributed by atoms with van der Waals surface area (Å²) in [6.45, 7) is 0. The molecule has 4 aromatic rings. The molecule has 0 saturated carbocycles. The van der Waals surface area contributed by atoms with E-state index in [1.807, 2.05) is 35.2 Å². The van der Waals surface area contributed by atoms with Gasteiger partial charge in [-0.1, -0.05) is 47.6 Å². The number of nitrogens with zero attached hydrogens (tertiary/aromatic N) is 3. The second kappa shape index (κ2) is 6.28. The van der Waals surface area contributed by atoms with E-state index in [9.17, 15) is 0 Å². The Hall–Kier alpha value is -1.34. The zero-order valence-electron chi connectivity index (χ0n) is 12.2. The largest absolute Gasteiger partial charge is 0.304 e. The van der Waals surface area contributed by atoms with E-state index >= 15 is 0 Å². The molecule has 7 heteroatoms. The van der Waals surface area contributed by atoms with E-state index in [1.54, 1.807) is 34.4 Å². The average Bonchev–Trinajstić information content (AvgIpc) is 3.27. The molecule has 3 aromatic heterocycles. The lowest BCUT2D eigenvalue weighted by Crippen LogP contribution is -1.93. The minimum Gasteiger partial charge on any atom is -0.304 e. The Morgan fingerprint density at radius 2 is 2.04 bits per heavy atom. The van der Waals surface area contributed by atoms with E-state index in [1.165, 1.54) is 9.58 Å². The predicted octanol–water partition coefficient (Wildman–Crippen LogP) is 5.70. The summed E-state index contributed by atoms with van der Waals surface area (Å²) in [4.78, 5) is 2.31. The first-order valence-corrected chi connectivity index (χ1v) is 10.0. The molecule has 0 fully saturated rings. The highest BCUT2D eigenvalue weighted by molar-refractivity contribution is 7.98. The van der Waals surface area contributed by atoms with Gasteiger partial charge >= 0.3 is 0 Å². The van der Waals surface area contributed by atoms with Crippen molar-refractivity contribution >= 4 is 56.1 Å². The van der Waals surface area contributed by atoms with Gasteiger partial charge in [-0.05, 0) is 17.5 Å². The highest BCUT2D eigenvalue weighted by Crippen LogP contribution is 2.38. The lowest BCUT2D eigenvalue weighted by atomic mass is 10.2. The highest BCUT2D eigenvalue weighted by atomic mass is 35.5. The van der Waals surface area contributed by atoms with Gasteiger partial charge in [-0.25, -0.2) is 0 Å². The SMILES string of the molecule is Cn1c(SCc2sc3ccccc3c2Cl)nnc1-c1cccs1. The van der Waals surface area contributed by atoms with Crippen LogP contribution in [0.1, 0.15) is 4.88 Å². The Balaban J connectivity index is 1.58. The van der Waals surface area contributed by atoms with E-state index in [0.717, 1.165) is 32.0 Å². The van der Waals surface area contributed by atoms with Crippen LogP contribution in [0.4, 0.5) is 0 Å². The van der Waals surface area contributed by atoms with E-state index in [-0.39, 0.29) is 0 Å².